The van der Waals surface area contributed by atoms with Crippen LogP contribution in [0, 0.1) is 6.92 Å². The van der Waals surface area contributed by atoms with Gasteiger partial charge in [0.2, 0.25) is 0 Å². The van der Waals surface area contributed by atoms with Crippen LogP contribution in [0.2, 0.25) is 0 Å². The molecule has 312 valence electrons. The Hall–Kier alpha value is -4.67. The van der Waals surface area contributed by atoms with Crippen molar-refractivity contribution >= 4 is 49.0 Å². The number of halogens is 2. The Morgan fingerprint density at radius 3 is 2.29 bits per heavy atom. The van der Waals surface area contributed by atoms with Gasteiger partial charge in [-0.2, -0.15) is 0 Å². The van der Waals surface area contributed by atoms with Crippen LogP contribution in [0.1, 0.15) is 33.9 Å². The first-order valence-electron chi connectivity index (χ1n) is 17.6. The van der Waals surface area contributed by atoms with Crippen LogP contribution >= 0.6 is 26.0 Å². The molecular formula is C34H33F2N7O13P2S. The number of nitrogen functional groups attached to an aromatic ring is 1. The molecule has 3 aromatic heterocycles. The molecule has 3 saturated heterocycles. The van der Waals surface area contributed by atoms with E-state index in [2.05, 4.69) is 15.0 Å². The molecule has 0 spiro atoms. The smallest absolute Gasteiger partial charge is 0.423 e. The van der Waals surface area contributed by atoms with Gasteiger partial charge >= 0.3 is 26.3 Å². The average molecular weight is 880 g/mol. The molecule has 0 radical (unpaired) electrons. The highest BCUT2D eigenvalue weighted by Gasteiger charge is 2.55. The summed E-state index contributed by atoms with van der Waals surface area (Å²) in [4.78, 5) is 62.2. The number of benzene rings is 2. The first kappa shape index (κ1) is 41.1. The largest absolute Gasteiger partial charge is 0.472 e. The second-order valence-corrected chi connectivity index (χ2v) is 18.9. The third-order valence-corrected chi connectivity index (χ3v) is 14.1. The number of ether oxygens (including phenoxy) is 3. The average Bonchev–Trinajstić information content (AvgIpc) is 3.86. The van der Waals surface area contributed by atoms with Crippen LogP contribution in [-0.4, -0.2) is 89.9 Å². The molecule has 20 nitrogen and oxygen atoms in total. The number of alkyl halides is 2. The molecule has 0 amide bonds. The van der Waals surface area contributed by atoms with E-state index in [0.29, 0.717) is 22.5 Å². The summed E-state index contributed by atoms with van der Waals surface area (Å²) in [5.74, 6) is -0.536. The third-order valence-electron chi connectivity index (χ3n) is 9.43. The van der Waals surface area contributed by atoms with Gasteiger partial charge in [-0.05, 0) is 48.1 Å². The van der Waals surface area contributed by atoms with E-state index < -0.39 is 94.3 Å². The number of aromatic amines is 1. The van der Waals surface area contributed by atoms with Gasteiger partial charge in [0.05, 0.1) is 25.1 Å². The Kier molecular flexibility index (Phi) is 11.4. The van der Waals surface area contributed by atoms with E-state index in [0.717, 1.165) is 28.7 Å². The first-order chi connectivity index (χ1) is 28.2. The number of nitrogens with one attached hydrogen (secondary N) is 1. The summed E-state index contributed by atoms with van der Waals surface area (Å²) in [6.45, 7) is -4.66. The zero-order valence-electron chi connectivity index (χ0n) is 30.4. The second kappa shape index (κ2) is 16.4. The number of rotatable bonds is 7. The number of aryl methyl sites for hydroxylation is 1. The highest BCUT2D eigenvalue weighted by atomic mass is 32.7. The van der Waals surface area contributed by atoms with E-state index in [4.69, 9.17) is 38.0 Å². The van der Waals surface area contributed by atoms with Gasteiger partial charge in [-0.1, -0.05) is 29.8 Å². The van der Waals surface area contributed by atoms with Gasteiger partial charge < -0.3 is 24.8 Å². The first-order valence-corrected chi connectivity index (χ1v) is 22.2. The minimum absolute atomic E-state index is 0.0262. The van der Waals surface area contributed by atoms with Crippen molar-refractivity contribution in [3.8, 4) is 5.75 Å². The van der Waals surface area contributed by atoms with Crippen LogP contribution in [0.15, 0.2) is 83.0 Å². The van der Waals surface area contributed by atoms with Gasteiger partial charge in [-0.25, -0.2) is 42.5 Å². The van der Waals surface area contributed by atoms with Crippen LogP contribution in [0.25, 0.3) is 11.2 Å². The van der Waals surface area contributed by atoms with Gasteiger partial charge in [0.15, 0.2) is 36.3 Å². The minimum atomic E-state index is -5.26. The molecule has 0 saturated carbocycles. The molecule has 59 heavy (non-hydrogen) atoms. The molecule has 2 unspecified atom stereocenters. The molecule has 2 aromatic carbocycles. The van der Waals surface area contributed by atoms with Crippen LogP contribution in [0.5, 0.6) is 5.75 Å². The van der Waals surface area contributed by atoms with Crippen LogP contribution in [0.4, 0.5) is 14.6 Å². The fourth-order valence-corrected chi connectivity index (χ4v) is 10.7. The summed E-state index contributed by atoms with van der Waals surface area (Å²) in [5.41, 5.74) is 6.03. The van der Waals surface area contributed by atoms with Crippen molar-refractivity contribution in [1.82, 2.24) is 29.1 Å². The standard InChI is InChI=1S/C34H33F2N7O13P2S/c1-17-2-6-19(7-3-17)33(45)52-20-8-4-18(5-9-20)14-59-58(49)51-13-22-24(35)27(32(54-22)43-16-40-26-29(37)38-15-39-30(26)43)55-57(47,48)50-12-21-25(36)28(56-58)31(53-21)42-11-10-23(44)41-34(42)46/h2-11,15-16,21-22,24-25,27-28,31-32H,12-14H2,1H3,(H,47,48)(H2,37,38,39)(H,41,44,46)/t21-,22-,24-,25?,27-,28-,31-,32-,58-/m1/s1. The fourth-order valence-electron chi connectivity index (χ4n) is 6.44. The van der Waals surface area contributed by atoms with Gasteiger partial charge in [0.1, 0.15) is 42.0 Å². The van der Waals surface area contributed by atoms with Crippen LogP contribution in [-0.2, 0) is 42.5 Å². The van der Waals surface area contributed by atoms with Crippen molar-refractivity contribution in [2.75, 3.05) is 18.9 Å². The van der Waals surface area contributed by atoms with E-state index in [1.54, 1.807) is 36.4 Å². The highest BCUT2D eigenvalue weighted by Crippen LogP contribution is 2.65. The molecule has 10 atom stereocenters. The lowest BCUT2D eigenvalue weighted by Gasteiger charge is -2.27. The molecule has 8 rings (SSSR count). The molecule has 3 aliphatic heterocycles. The normalized spacial score (nSPS) is 31.2. The maximum atomic E-state index is 16.4. The lowest BCUT2D eigenvalue weighted by atomic mass is 10.1. The molecule has 6 heterocycles. The number of esters is 1. The summed E-state index contributed by atoms with van der Waals surface area (Å²) < 4.78 is 102. The number of carbonyl (C=O) groups excluding carboxylic acids is 1. The molecule has 3 aliphatic rings. The zero-order valence-corrected chi connectivity index (χ0v) is 33.0. The summed E-state index contributed by atoms with van der Waals surface area (Å²) in [6.07, 6.45) is -11.9. The molecule has 4 bridgehead atoms. The van der Waals surface area contributed by atoms with E-state index in [-0.39, 0.29) is 28.5 Å². The topological polar surface area (TPSA) is 261 Å². The van der Waals surface area contributed by atoms with Gasteiger partial charge in [0.25, 0.3) is 5.56 Å². The Morgan fingerprint density at radius 2 is 1.59 bits per heavy atom. The maximum Gasteiger partial charge on any atom is 0.472 e. The van der Waals surface area contributed by atoms with Crippen molar-refractivity contribution in [2.24, 2.45) is 0 Å². The monoisotopic (exact) mass is 879 g/mol. The van der Waals surface area contributed by atoms with E-state index >= 15 is 8.78 Å². The fraction of sp³-hybridized carbons (Fsp3) is 0.353. The number of aromatic nitrogens is 6. The zero-order chi connectivity index (χ0) is 41.6. The SMILES string of the molecule is Cc1ccc(C(=O)Oc2ccc(CS[P@]3(=O)OC[C@H]4O[C@@H](n5cnc6c(N)ncnc65)[C@H](OP(=O)(O)OC[C@H]5O[C@@H](n6ccc(=O)[nH]c6=O)[C@H](O3)C5F)[C@@H]4F)cc2)cc1. The number of phosphoric acid groups is 1. The Labute approximate surface area is 334 Å². The molecule has 3 fully saturated rings. The number of phosphoric ester groups is 1. The van der Waals surface area contributed by atoms with Crippen molar-refractivity contribution in [3.63, 3.8) is 0 Å². The van der Waals surface area contributed by atoms with Crippen LogP contribution < -0.4 is 21.7 Å². The lowest BCUT2D eigenvalue weighted by Crippen LogP contribution is -2.38. The van der Waals surface area contributed by atoms with Crippen molar-refractivity contribution < 1.29 is 59.9 Å². The van der Waals surface area contributed by atoms with E-state index in [1.165, 1.54) is 23.0 Å². The summed E-state index contributed by atoms with van der Waals surface area (Å²) in [7, 11) is -5.26. The van der Waals surface area contributed by atoms with Crippen molar-refractivity contribution in [3.05, 3.63) is 111 Å². The van der Waals surface area contributed by atoms with Crippen molar-refractivity contribution in [1.29, 1.82) is 0 Å². The molecule has 0 aliphatic carbocycles. The predicted molar refractivity (Wildman–Crippen MR) is 202 cm³/mol. The number of fused-ring (bicyclic) bond motifs is 5. The number of anilines is 1. The van der Waals surface area contributed by atoms with E-state index in [9.17, 15) is 28.4 Å². The Morgan fingerprint density at radius 1 is 0.932 bits per heavy atom. The van der Waals surface area contributed by atoms with Gasteiger partial charge in [-0.3, -0.25) is 37.0 Å². The van der Waals surface area contributed by atoms with E-state index in [1.807, 2.05) is 11.9 Å². The molecule has 5 aromatic rings. The highest BCUT2D eigenvalue weighted by molar-refractivity contribution is 8.54. The summed E-state index contributed by atoms with van der Waals surface area (Å²) >= 11 is 0.568. The predicted octanol–water partition coefficient (Wildman–Crippen LogP) is 3.92. The van der Waals surface area contributed by atoms with Gasteiger partial charge in [-0.15, -0.1) is 0 Å². The minimum Gasteiger partial charge on any atom is -0.423 e. The molecular weight excluding hydrogens is 846 g/mol. The second-order valence-electron chi connectivity index (χ2n) is 13.4. The number of H-pyrrole nitrogens is 1. The maximum absolute atomic E-state index is 16.4. The number of hydrogen-bond acceptors (Lipinski definition) is 17. The number of nitrogens with two attached hydrogens (primary N) is 1. The Bertz CT molecular complexity index is 2580. The molecule has 25 heteroatoms. The Balaban J connectivity index is 1.09. The van der Waals surface area contributed by atoms with Crippen molar-refractivity contribution in [2.45, 2.75) is 61.9 Å². The number of hydrogen-bond donors (Lipinski definition) is 3. The number of imidazole rings is 1. The summed E-state index contributed by atoms with van der Waals surface area (Å²) in [6, 6.07) is 13.9. The van der Waals surface area contributed by atoms with Crippen LogP contribution in [0.3, 0.4) is 0 Å². The third kappa shape index (κ3) is 8.67. The van der Waals surface area contributed by atoms with Gasteiger partial charge in [0, 0.05) is 18.0 Å². The lowest BCUT2D eigenvalue weighted by molar-refractivity contribution is -0.0648. The number of carbonyl (C=O) groups is 1. The molecule has 4 N–H and O–H groups in total. The quantitative estimate of drug-likeness (QED) is 0.119. The summed E-state index contributed by atoms with van der Waals surface area (Å²) in [5, 5.41) is 0. The number of nitrogens with zero attached hydrogens (tertiary/aromatic N) is 5.